The van der Waals surface area contributed by atoms with Gasteiger partial charge in [-0.25, -0.2) is 4.68 Å². The Balaban J connectivity index is 1.72. The van der Waals surface area contributed by atoms with Gasteiger partial charge >= 0.3 is 0 Å². The summed E-state index contributed by atoms with van der Waals surface area (Å²) in [7, 11) is 0. The molecule has 0 saturated carbocycles. The van der Waals surface area contributed by atoms with Crippen molar-refractivity contribution < 1.29 is 4.79 Å². The first-order valence-corrected chi connectivity index (χ1v) is 9.00. The molecule has 1 aromatic heterocycles. The summed E-state index contributed by atoms with van der Waals surface area (Å²) in [5, 5.41) is 8.32. The molecule has 0 saturated heterocycles. The Hall–Kier alpha value is -3.47. The molecule has 0 spiro atoms. The largest absolute Gasteiger partial charge is 0.304 e. The van der Waals surface area contributed by atoms with Crippen molar-refractivity contribution in [1.82, 2.24) is 15.0 Å². The van der Waals surface area contributed by atoms with Crippen molar-refractivity contribution in [3.8, 4) is 0 Å². The maximum atomic E-state index is 13.3. The molecule has 3 aromatic carbocycles. The van der Waals surface area contributed by atoms with Gasteiger partial charge in [-0.3, -0.25) is 4.79 Å². The zero-order valence-corrected chi connectivity index (χ0v) is 15.1. The van der Waals surface area contributed by atoms with Crippen LogP contribution in [0, 0.1) is 0 Å². The third-order valence-electron chi connectivity index (χ3n) is 4.56. The maximum absolute atomic E-state index is 13.3. The number of aromatic nitrogens is 3. The molecule has 0 bridgehead atoms. The number of hydrogen-bond acceptors (Lipinski definition) is 3. The SMILES string of the molecule is CCn1nnc2cc(C(=O)N(Cc3ccccc3)c3ccccc3)ccc21. The fourth-order valence-electron chi connectivity index (χ4n) is 3.15. The summed E-state index contributed by atoms with van der Waals surface area (Å²) >= 11 is 0. The molecule has 0 unspecified atom stereocenters. The van der Waals surface area contributed by atoms with Gasteiger partial charge in [-0.1, -0.05) is 53.7 Å². The monoisotopic (exact) mass is 356 g/mol. The average Bonchev–Trinajstić information content (AvgIpc) is 3.15. The van der Waals surface area contributed by atoms with Crippen molar-refractivity contribution in [1.29, 1.82) is 0 Å². The van der Waals surface area contributed by atoms with Gasteiger partial charge in [0.15, 0.2) is 0 Å². The number of aryl methyl sites for hydroxylation is 1. The molecule has 4 aromatic rings. The highest BCUT2D eigenvalue weighted by atomic mass is 16.2. The van der Waals surface area contributed by atoms with Crippen LogP contribution in [0.5, 0.6) is 0 Å². The molecule has 0 N–H and O–H groups in total. The first-order chi connectivity index (χ1) is 13.3. The summed E-state index contributed by atoms with van der Waals surface area (Å²) in [5.41, 5.74) is 4.21. The fraction of sp³-hybridized carbons (Fsp3) is 0.136. The van der Waals surface area contributed by atoms with E-state index >= 15 is 0 Å². The molecule has 5 heteroatoms. The van der Waals surface area contributed by atoms with Crippen LogP contribution in [0.2, 0.25) is 0 Å². The Morgan fingerprint density at radius 1 is 0.963 bits per heavy atom. The van der Waals surface area contributed by atoms with Crippen LogP contribution in [-0.4, -0.2) is 20.9 Å². The van der Waals surface area contributed by atoms with Crippen LogP contribution in [0.25, 0.3) is 11.0 Å². The number of para-hydroxylation sites is 1. The molecule has 1 amide bonds. The van der Waals surface area contributed by atoms with E-state index in [-0.39, 0.29) is 5.91 Å². The van der Waals surface area contributed by atoms with Crippen molar-refractivity contribution >= 4 is 22.6 Å². The molecular formula is C22H20N4O. The van der Waals surface area contributed by atoms with Crippen molar-refractivity contribution in [2.45, 2.75) is 20.0 Å². The molecule has 1 heterocycles. The van der Waals surface area contributed by atoms with E-state index in [9.17, 15) is 4.79 Å². The lowest BCUT2D eigenvalue weighted by molar-refractivity contribution is 0.0985. The minimum Gasteiger partial charge on any atom is -0.304 e. The number of nitrogens with zero attached hydrogens (tertiary/aromatic N) is 4. The van der Waals surface area contributed by atoms with E-state index in [1.165, 1.54) is 0 Å². The number of benzene rings is 3. The lowest BCUT2D eigenvalue weighted by Gasteiger charge is -2.23. The van der Waals surface area contributed by atoms with Gasteiger partial charge in [-0.2, -0.15) is 0 Å². The predicted molar refractivity (Wildman–Crippen MR) is 107 cm³/mol. The Kier molecular flexibility index (Phi) is 4.66. The van der Waals surface area contributed by atoms with Crippen molar-refractivity contribution in [3.05, 3.63) is 90.0 Å². The average molecular weight is 356 g/mol. The van der Waals surface area contributed by atoms with Gasteiger partial charge in [-0.05, 0) is 42.8 Å². The number of anilines is 1. The zero-order chi connectivity index (χ0) is 18.6. The van der Waals surface area contributed by atoms with E-state index in [2.05, 4.69) is 10.3 Å². The highest BCUT2D eigenvalue weighted by Gasteiger charge is 2.19. The lowest BCUT2D eigenvalue weighted by Crippen LogP contribution is -2.30. The Morgan fingerprint density at radius 2 is 1.67 bits per heavy atom. The first kappa shape index (κ1) is 17.0. The van der Waals surface area contributed by atoms with Crippen LogP contribution in [0.15, 0.2) is 78.9 Å². The molecule has 4 rings (SSSR count). The normalized spacial score (nSPS) is 10.9. The van der Waals surface area contributed by atoms with E-state index in [0.717, 1.165) is 28.8 Å². The third kappa shape index (κ3) is 3.44. The van der Waals surface area contributed by atoms with Crippen molar-refractivity contribution in [2.75, 3.05) is 4.90 Å². The van der Waals surface area contributed by atoms with E-state index < -0.39 is 0 Å². The van der Waals surface area contributed by atoms with Gasteiger partial charge in [0.25, 0.3) is 5.91 Å². The smallest absolute Gasteiger partial charge is 0.258 e. The molecule has 134 valence electrons. The Bertz CT molecular complexity index is 1060. The highest BCUT2D eigenvalue weighted by Crippen LogP contribution is 2.22. The van der Waals surface area contributed by atoms with Crippen LogP contribution in [0.1, 0.15) is 22.8 Å². The van der Waals surface area contributed by atoms with Gasteiger partial charge in [0.2, 0.25) is 0 Å². The Labute approximate surface area is 157 Å². The van der Waals surface area contributed by atoms with Gasteiger partial charge in [0.05, 0.1) is 12.1 Å². The molecule has 0 fully saturated rings. The molecule has 0 aliphatic heterocycles. The van der Waals surface area contributed by atoms with Crippen LogP contribution < -0.4 is 4.90 Å². The van der Waals surface area contributed by atoms with E-state index in [4.69, 9.17) is 0 Å². The minimum atomic E-state index is -0.0574. The van der Waals surface area contributed by atoms with Gasteiger partial charge in [-0.15, -0.1) is 5.10 Å². The highest BCUT2D eigenvalue weighted by molar-refractivity contribution is 6.07. The fourth-order valence-corrected chi connectivity index (χ4v) is 3.15. The topological polar surface area (TPSA) is 51.0 Å². The lowest BCUT2D eigenvalue weighted by atomic mass is 10.1. The van der Waals surface area contributed by atoms with Crippen LogP contribution in [-0.2, 0) is 13.1 Å². The quantitative estimate of drug-likeness (QED) is 0.536. The second kappa shape index (κ2) is 7.41. The summed E-state index contributed by atoms with van der Waals surface area (Å²) in [6, 6.07) is 25.3. The number of amides is 1. The second-order valence-electron chi connectivity index (χ2n) is 6.32. The number of hydrogen-bond donors (Lipinski definition) is 0. The van der Waals surface area contributed by atoms with Gasteiger partial charge in [0.1, 0.15) is 5.52 Å². The van der Waals surface area contributed by atoms with Crippen LogP contribution >= 0.6 is 0 Å². The van der Waals surface area contributed by atoms with E-state index in [1.807, 2.05) is 90.5 Å². The molecule has 0 radical (unpaired) electrons. The first-order valence-electron chi connectivity index (χ1n) is 9.00. The maximum Gasteiger partial charge on any atom is 0.258 e. The predicted octanol–water partition coefficient (Wildman–Crippen LogP) is 4.30. The van der Waals surface area contributed by atoms with E-state index in [1.54, 1.807) is 4.90 Å². The van der Waals surface area contributed by atoms with E-state index in [0.29, 0.717) is 12.1 Å². The van der Waals surface area contributed by atoms with Crippen molar-refractivity contribution in [2.24, 2.45) is 0 Å². The molecule has 0 aliphatic rings. The second-order valence-corrected chi connectivity index (χ2v) is 6.32. The Morgan fingerprint density at radius 3 is 2.37 bits per heavy atom. The summed E-state index contributed by atoms with van der Waals surface area (Å²) in [4.78, 5) is 15.1. The van der Waals surface area contributed by atoms with Crippen LogP contribution in [0.3, 0.4) is 0 Å². The molecule has 0 atom stereocenters. The van der Waals surface area contributed by atoms with Gasteiger partial charge in [0, 0.05) is 17.8 Å². The third-order valence-corrected chi connectivity index (χ3v) is 4.56. The molecule has 27 heavy (non-hydrogen) atoms. The van der Waals surface area contributed by atoms with Gasteiger partial charge < -0.3 is 4.90 Å². The summed E-state index contributed by atoms with van der Waals surface area (Å²) in [5.74, 6) is -0.0574. The summed E-state index contributed by atoms with van der Waals surface area (Å²) in [6.07, 6.45) is 0. The number of fused-ring (bicyclic) bond motifs is 1. The number of carbonyl (C=O) groups is 1. The number of rotatable bonds is 5. The number of carbonyl (C=O) groups excluding carboxylic acids is 1. The van der Waals surface area contributed by atoms with Crippen molar-refractivity contribution in [3.63, 3.8) is 0 Å². The summed E-state index contributed by atoms with van der Waals surface area (Å²) < 4.78 is 1.82. The standard InChI is InChI=1S/C22H20N4O/c1-2-26-21-14-13-18(15-20(21)23-24-26)22(27)25(19-11-7-4-8-12-19)16-17-9-5-3-6-10-17/h3-15H,2,16H2,1H3. The summed E-state index contributed by atoms with van der Waals surface area (Å²) in [6.45, 7) is 3.27. The molecular weight excluding hydrogens is 336 g/mol. The zero-order valence-electron chi connectivity index (χ0n) is 15.1. The molecule has 0 aliphatic carbocycles. The minimum absolute atomic E-state index is 0.0574. The molecule has 5 nitrogen and oxygen atoms in total. The van der Waals surface area contributed by atoms with Crippen LogP contribution in [0.4, 0.5) is 5.69 Å².